The molecule has 6 nitrogen and oxygen atoms in total. The molecule has 3 N–H and O–H groups in total. The smallest absolute Gasteiger partial charge is 0.338 e. The number of aliphatic hydroxyl groups is 3. The lowest BCUT2D eigenvalue weighted by molar-refractivity contribution is -0.201. The Kier molecular flexibility index (Phi) is 5.33. The predicted octanol–water partition coefficient (Wildman–Crippen LogP) is 0.0860. The Hall–Kier alpha value is -0.740. The molecule has 5 atom stereocenters. The van der Waals surface area contributed by atoms with Gasteiger partial charge in [0, 0.05) is 0 Å². The van der Waals surface area contributed by atoms with E-state index in [0.29, 0.717) is 5.56 Å². The van der Waals surface area contributed by atoms with Crippen LogP contribution >= 0.6 is 22.6 Å². The minimum absolute atomic E-state index is 0.196. The third-order valence-corrected chi connectivity index (χ3v) is 4.07. The SMILES string of the molecule is O=C(OC[C@H]1OC(I)[C@H](O)[C@@H](O)[C@@H]1O)c1ccccc1. The molecule has 0 radical (unpaired) electrons. The largest absolute Gasteiger partial charge is 0.459 e. The van der Waals surface area contributed by atoms with Gasteiger partial charge in [-0.1, -0.05) is 18.2 Å². The summed E-state index contributed by atoms with van der Waals surface area (Å²) in [4.78, 5) is 11.7. The first kappa shape index (κ1) is 15.6. The van der Waals surface area contributed by atoms with Gasteiger partial charge in [-0.2, -0.15) is 0 Å². The number of benzene rings is 1. The highest BCUT2D eigenvalue weighted by Gasteiger charge is 2.43. The van der Waals surface area contributed by atoms with Crippen molar-refractivity contribution in [2.75, 3.05) is 6.61 Å². The summed E-state index contributed by atoms with van der Waals surface area (Å²) in [6.45, 7) is -0.196. The van der Waals surface area contributed by atoms with E-state index in [2.05, 4.69) is 0 Å². The Morgan fingerprint density at radius 2 is 1.80 bits per heavy atom. The van der Waals surface area contributed by atoms with Crippen molar-refractivity contribution in [3.8, 4) is 0 Å². The minimum atomic E-state index is -1.33. The van der Waals surface area contributed by atoms with Crippen LogP contribution in [0.25, 0.3) is 0 Å². The van der Waals surface area contributed by atoms with Crippen LogP contribution in [0.15, 0.2) is 30.3 Å². The van der Waals surface area contributed by atoms with Gasteiger partial charge in [-0.25, -0.2) is 4.79 Å². The average molecular weight is 394 g/mol. The van der Waals surface area contributed by atoms with Crippen molar-refractivity contribution in [1.82, 2.24) is 0 Å². The maximum Gasteiger partial charge on any atom is 0.338 e. The molecule has 1 unspecified atom stereocenters. The molecule has 110 valence electrons. The highest BCUT2D eigenvalue weighted by molar-refractivity contribution is 14.1. The van der Waals surface area contributed by atoms with Crippen molar-refractivity contribution in [3.05, 3.63) is 35.9 Å². The molecule has 20 heavy (non-hydrogen) atoms. The van der Waals surface area contributed by atoms with E-state index in [4.69, 9.17) is 9.47 Å². The number of alkyl halides is 1. The number of aliphatic hydroxyl groups excluding tert-OH is 3. The second kappa shape index (κ2) is 6.81. The maximum absolute atomic E-state index is 11.7. The minimum Gasteiger partial charge on any atom is -0.459 e. The van der Waals surface area contributed by atoms with Gasteiger partial charge >= 0.3 is 5.97 Å². The number of esters is 1. The van der Waals surface area contributed by atoms with E-state index in [-0.39, 0.29) is 6.61 Å². The van der Waals surface area contributed by atoms with Crippen LogP contribution in [0.5, 0.6) is 0 Å². The van der Waals surface area contributed by atoms with Crippen LogP contribution in [-0.2, 0) is 9.47 Å². The van der Waals surface area contributed by atoms with Gasteiger partial charge in [-0.3, -0.25) is 0 Å². The fourth-order valence-corrected chi connectivity index (χ4v) is 2.66. The molecule has 1 aromatic carbocycles. The molecule has 0 amide bonds. The molecule has 1 aromatic rings. The molecule has 0 spiro atoms. The van der Waals surface area contributed by atoms with Crippen molar-refractivity contribution in [1.29, 1.82) is 0 Å². The molecular formula is C13H15IO6. The van der Waals surface area contributed by atoms with Gasteiger partial charge in [-0.05, 0) is 34.7 Å². The van der Waals surface area contributed by atoms with E-state index in [0.717, 1.165) is 0 Å². The standard InChI is InChI=1S/C13H15IO6/c14-12-11(17)10(16)9(15)8(20-12)6-19-13(18)7-4-2-1-3-5-7/h1-5,8-12,15-17H,6H2/t8-,9-,10+,11-,12?/m1/s1. The van der Waals surface area contributed by atoms with E-state index in [1.165, 1.54) is 0 Å². The fourth-order valence-electron chi connectivity index (χ4n) is 1.86. The van der Waals surface area contributed by atoms with E-state index >= 15 is 0 Å². The molecule has 1 heterocycles. The molecule has 1 fully saturated rings. The lowest BCUT2D eigenvalue weighted by Crippen LogP contribution is -2.57. The normalized spacial score (nSPS) is 33.7. The average Bonchev–Trinajstić information content (AvgIpc) is 2.48. The summed E-state index contributed by atoms with van der Waals surface area (Å²) in [6, 6.07) is 8.43. The zero-order valence-corrected chi connectivity index (χ0v) is 12.6. The zero-order chi connectivity index (χ0) is 14.7. The third-order valence-electron chi connectivity index (χ3n) is 3.04. The van der Waals surface area contributed by atoms with Crippen LogP contribution in [0.3, 0.4) is 0 Å². The van der Waals surface area contributed by atoms with Gasteiger partial charge < -0.3 is 24.8 Å². The second-order valence-electron chi connectivity index (χ2n) is 4.46. The second-order valence-corrected chi connectivity index (χ2v) is 5.69. The van der Waals surface area contributed by atoms with Gasteiger partial charge in [-0.15, -0.1) is 0 Å². The van der Waals surface area contributed by atoms with Gasteiger partial charge in [0.1, 0.15) is 35.1 Å². The summed E-state index contributed by atoms with van der Waals surface area (Å²) in [5.74, 6) is -0.535. The number of halogens is 1. The van der Waals surface area contributed by atoms with Crippen molar-refractivity contribution in [3.63, 3.8) is 0 Å². The summed E-state index contributed by atoms with van der Waals surface area (Å²) in [6.07, 6.45) is -4.68. The molecule has 0 aromatic heterocycles. The highest BCUT2D eigenvalue weighted by atomic mass is 127. The first-order valence-corrected chi connectivity index (χ1v) is 7.31. The topological polar surface area (TPSA) is 96.2 Å². The molecule has 1 aliphatic rings. The van der Waals surface area contributed by atoms with Crippen LogP contribution in [-0.4, -0.2) is 56.4 Å². The quantitative estimate of drug-likeness (QED) is 0.382. The number of hydrogen-bond acceptors (Lipinski definition) is 6. The van der Waals surface area contributed by atoms with Crippen LogP contribution in [0.2, 0.25) is 0 Å². The Bertz CT molecular complexity index is 453. The monoisotopic (exact) mass is 394 g/mol. The summed E-state index contributed by atoms with van der Waals surface area (Å²) in [5, 5.41) is 29.0. The van der Waals surface area contributed by atoms with Crippen molar-refractivity contribution in [2.45, 2.75) is 28.5 Å². The fraction of sp³-hybridized carbons (Fsp3) is 0.462. The first-order chi connectivity index (χ1) is 9.50. The third kappa shape index (κ3) is 3.47. The van der Waals surface area contributed by atoms with Crippen molar-refractivity contribution in [2.24, 2.45) is 0 Å². The molecule has 0 bridgehead atoms. The molecular weight excluding hydrogens is 379 g/mol. The number of carbonyl (C=O) groups excluding carboxylic acids is 1. The number of ether oxygens (including phenoxy) is 2. The summed E-state index contributed by atoms with van der Waals surface area (Å²) in [7, 11) is 0. The lowest BCUT2D eigenvalue weighted by Gasteiger charge is -2.38. The lowest BCUT2D eigenvalue weighted by atomic mass is 10.0. The molecule has 7 heteroatoms. The van der Waals surface area contributed by atoms with E-state index in [1.807, 2.05) is 22.6 Å². The number of carbonyl (C=O) groups is 1. The van der Waals surface area contributed by atoms with Crippen LogP contribution in [0.4, 0.5) is 0 Å². The zero-order valence-electron chi connectivity index (χ0n) is 10.4. The number of rotatable bonds is 3. The van der Waals surface area contributed by atoms with Crippen LogP contribution in [0, 0.1) is 0 Å². The summed E-state index contributed by atoms with van der Waals surface area (Å²) < 4.78 is 9.69. The van der Waals surface area contributed by atoms with Gasteiger partial charge in [0.05, 0.1) is 5.56 Å². The molecule has 0 saturated carbocycles. The van der Waals surface area contributed by atoms with Crippen molar-refractivity contribution < 1.29 is 29.6 Å². The summed E-state index contributed by atoms with van der Waals surface area (Å²) in [5.41, 5.74) is 0.393. The molecule has 0 aliphatic carbocycles. The predicted molar refractivity (Wildman–Crippen MR) is 77.4 cm³/mol. The Morgan fingerprint density at radius 3 is 2.45 bits per heavy atom. The maximum atomic E-state index is 11.7. The van der Waals surface area contributed by atoms with Crippen LogP contribution < -0.4 is 0 Å². The van der Waals surface area contributed by atoms with Crippen LogP contribution in [0.1, 0.15) is 10.4 Å². The first-order valence-electron chi connectivity index (χ1n) is 6.06. The van der Waals surface area contributed by atoms with Gasteiger partial charge in [0.15, 0.2) is 0 Å². The Morgan fingerprint density at radius 1 is 1.15 bits per heavy atom. The molecule has 2 rings (SSSR count). The Balaban J connectivity index is 1.92. The molecule has 1 aliphatic heterocycles. The summed E-state index contributed by atoms with van der Waals surface area (Å²) >= 11 is 1.81. The number of hydrogen-bond donors (Lipinski definition) is 3. The van der Waals surface area contributed by atoms with Crippen molar-refractivity contribution >= 4 is 28.6 Å². The Labute approximate surface area is 129 Å². The van der Waals surface area contributed by atoms with E-state index in [1.54, 1.807) is 30.3 Å². The van der Waals surface area contributed by atoms with Gasteiger partial charge in [0.2, 0.25) is 0 Å². The van der Waals surface area contributed by atoms with Gasteiger partial charge in [0.25, 0.3) is 0 Å². The van der Waals surface area contributed by atoms with E-state index in [9.17, 15) is 20.1 Å². The van der Waals surface area contributed by atoms with E-state index < -0.39 is 34.5 Å². The molecule has 1 saturated heterocycles. The highest BCUT2D eigenvalue weighted by Crippen LogP contribution is 2.25.